The second kappa shape index (κ2) is 5.91. The summed E-state index contributed by atoms with van der Waals surface area (Å²) in [4.78, 5) is 16.8. The van der Waals surface area contributed by atoms with Crippen molar-refractivity contribution in [3.05, 3.63) is 28.7 Å². The van der Waals surface area contributed by atoms with Crippen molar-refractivity contribution in [2.75, 3.05) is 0 Å². The minimum absolute atomic E-state index is 0.208. The van der Waals surface area contributed by atoms with E-state index in [1.54, 1.807) is 18.2 Å². The molecule has 0 spiro atoms. The van der Waals surface area contributed by atoms with Crippen molar-refractivity contribution in [3.63, 3.8) is 0 Å². The van der Waals surface area contributed by atoms with Crippen LogP contribution in [0.1, 0.15) is 34.1 Å². The summed E-state index contributed by atoms with van der Waals surface area (Å²) in [6.07, 6.45) is -0.642. The van der Waals surface area contributed by atoms with Crippen LogP contribution in [0.5, 0.6) is 5.75 Å². The standard InChI is InChI=1S/C15H23N3O3/c1-5-10(19)13(18-15(2,3)4)21-11-8-6-7-9-12(11)17-14(20)16-9/h6-8,10,13,18-19H,5H2,1-4H3,(H2,16,17,20). The fourth-order valence-electron chi connectivity index (χ4n) is 2.11. The molecule has 1 aromatic carbocycles. The number of para-hydroxylation sites is 1. The average molecular weight is 293 g/mol. The van der Waals surface area contributed by atoms with E-state index < -0.39 is 12.3 Å². The highest BCUT2D eigenvalue weighted by Crippen LogP contribution is 2.23. The number of imidazole rings is 1. The van der Waals surface area contributed by atoms with Crippen molar-refractivity contribution >= 4 is 11.0 Å². The molecule has 0 bridgehead atoms. The van der Waals surface area contributed by atoms with Gasteiger partial charge in [0.25, 0.3) is 0 Å². The van der Waals surface area contributed by atoms with Gasteiger partial charge >= 0.3 is 5.69 Å². The topological polar surface area (TPSA) is 90.1 Å². The van der Waals surface area contributed by atoms with E-state index in [1.165, 1.54) is 0 Å². The lowest BCUT2D eigenvalue weighted by molar-refractivity contribution is -0.000155. The third-order valence-corrected chi connectivity index (χ3v) is 3.11. The van der Waals surface area contributed by atoms with Crippen molar-refractivity contribution in [1.82, 2.24) is 15.3 Å². The highest BCUT2D eigenvalue weighted by Gasteiger charge is 2.25. The summed E-state index contributed by atoms with van der Waals surface area (Å²) in [6, 6.07) is 5.36. The van der Waals surface area contributed by atoms with E-state index in [0.717, 1.165) is 0 Å². The quantitative estimate of drug-likeness (QED) is 0.632. The van der Waals surface area contributed by atoms with E-state index in [1.807, 2.05) is 27.7 Å². The van der Waals surface area contributed by atoms with Gasteiger partial charge in [-0.2, -0.15) is 0 Å². The molecule has 0 saturated carbocycles. The smallest absolute Gasteiger partial charge is 0.323 e. The largest absolute Gasteiger partial charge is 0.470 e. The maximum atomic E-state index is 11.4. The molecule has 0 aliphatic carbocycles. The van der Waals surface area contributed by atoms with E-state index in [9.17, 15) is 9.90 Å². The maximum absolute atomic E-state index is 11.4. The predicted octanol–water partition coefficient (Wildman–Crippen LogP) is 1.72. The van der Waals surface area contributed by atoms with Crippen molar-refractivity contribution < 1.29 is 9.84 Å². The van der Waals surface area contributed by atoms with Gasteiger partial charge in [0.2, 0.25) is 0 Å². The Labute approximate surface area is 123 Å². The molecule has 0 aliphatic heterocycles. The number of aromatic nitrogens is 2. The Kier molecular flexibility index (Phi) is 4.39. The number of aromatic amines is 2. The van der Waals surface area contributed by atoms with Gasteiger partial charge in [0, 0.05) is 5.54 Å². The third kappa shape index (κ3) is 3.86. The Morgan fingerprint density at radius 2 is 2.05 bits per heavy atom. The number of fused-ring (bicyclic) bond motifs is 1. The first-order valence-corrected chi connectivity index (χ1v) is 7.13. The van der Waals surface area contributed by atoms with Gasteiger partial charge in [-0.3, -0.25) is 5.32 Å². The molecule has 2 unspecified atom stereocenters. The Morgan fingerprint density at radius 3 is 2.67 bits per heavy atom. The number of hydrogen-bond donors (Lipinski definition) is 4. The second-order valence-electron chi connectivity index (χ2n) is 6.17. The second-order valence-corrected chi connectivity index (χ2v) is 6.17. The number of aliphatic hydroxyl groups is 1. The SMILES string of the molecule is CCC(O)C(NC(C)(C)C)Oc1cccc2[nH]c(=O)[nH]c12. The zero-order chi connectivity index (χ0) is 15.6. The van der Waals surface area contributed by atoms with Crippen LogP contribution in [0.3, 0.4) is 0 Å². The van der Waals surface area contributed by atoms with Gasteiger partial charge in [0.05, 0.1) is 5.52 Å². The van der Waals surface area contributed by atoms with E-state index in [-0.39, 0.29) is 11.2 Å². The molecule has 6 heteroatoms. The molecule has 0 aliphatic rings. The molecule has 2 rings (SSSR count). The van der Waals surface area contributed by atoms with Crippen LogP contribution in [0, 0.1) is 0 Å². The van der Waals surface area contributed by atoms with Gasteiger partial charge in [-0.25, -0.2) is 4.79 Å². The van der Waals surface area contributed by atoms with Crippen LogP contribution in [0.15, 0.2) is 23.0 Å². The molecule has 2 aromatic rings. The van der Waals surface area contributed by atoms with Gasteiger partial charge in [-0.05, 0) is 39.3 Å². The van der Waals surface area contributed by atoms with Crippen LogP contribution in [0.4, 0.5) is 0 Å². The number of benzene rings is 1. The van der Waals surface area contributed by atoms with E-state index in [0.29, 0.717) is 23.2 Å². The normalized spacial score (nSPS) is 15.1. The summed E-state index contributed by atoms with van der Waals surface area (Å²) in [6.45, 7) is 7.91. The molecular weight excluding hydrogens is 270 g/mol. The van der Waals surface area contributed by atoms with Crippen molar-refractivity contribution in [2.24, 2.45) is 0 Å². The number of rotatable bonds is 5. The number of nitrogens with one attached hydrogen (secondary N) is 3. The maximum Gasteiger partial charge on any atom is 0.323 e. The van der Waals surface area contributed by atoms with Crippen molar-refractivity contribution in [1.29, 1.82) is 0 Å². The summed E-state index contributed by atoms with van der Waals surface area (Å²) in [5.41, 5.74) is 0.794. The molecule has 0 fully saturated rings. The highest BCUT2D eigenvalue weighted by atomic mass is 16.5. The lowest BCUT2D eigenvalue weighted by atomic mass is 10.1. The summed E-state index contributed by atoms with van der Waals surface area (Å²) >= 11 is 0. The Hall–Kier alpha value is -1.79. The Bertz CT molecular complexity index is 654. The van der Waals surface area contributed by atoms with Crippen molar-refractivity contribution in [3.8, 4) is 5.75 Å². The van der Waals surface area contributed by atoms with E-state index in [2.05, 4.69) is 15.3 Å². The van der Waals surface area contributed by atoms with Gasteiger partial charge in [0.15, 0.2) is 6.23 Å². The summed E-state index contributed by atoms with van der Waals surface area (Å²) in [7, 11) is 0. The van der Waals surface area contributed by atoms with E-state index in [4.69, 9.17) is 4.74 Å². The summed E-state index contributed by atoms with van der Waals surface area (Å²) < 4.78 is 5.92. The zero-order valence-electron chi connectivity index (χ0n) is 12.9. The van der Waals surface area contributed by atoms with Crippen LogP contribution < -0.4 is 15.7 Å². The van der Waals surface area contributed by atoms with Gasteiger partial charge in [-0.15, -0.1) is 0 Å². The molecule has 6 nitrogen and oxygen atoms in total. The first kappa shape index (κ1) is 15.6. The van der Waals surface area contributed by atoms with Crippen molar-refractivity contribution in [2.45, 2.75) is 52.0 Å². The molecule has 0 radical (unpaired) electrons. The number of H-pyrrole nitrogens is 2. The first-order chi connectivity index (χ1) is 9.80. The highest BCUT2D eigenvalue weighted by molar-refractivity contribution is 5.81. The number of hydrogen-bond acceptors (Lipinski definition) is 4. The monoisotopic (exact) mass is 293 g/mol. The zero-order valence-corrected chi connectivity index (χ0v) is 12.9. The molecule has 1 heterocycles. The molecule has 4 N–H and O–H groups in total. The Morgan fingerprint density at radius 1 is 1.33 bits per heavy atom. The fraction of sp³-hybridized carbons (Fsp3) is 0.533. The van der Waals surface area contributed by atoms with Crippen LogP contribution in [-0.4, -0.2) is 32.9 Å². The molecule has 2 atom stereocenters. The minimum Gasteiger partial charge on any atom is -0.470 e. The molecule has 116 valence electrons. The fourth-order valence-corrected chi connectivity index (χ4v) is 2.11. The predicted molar refractivity (Wildman–Crippen MR) is 82.5 cm³/mol. The molecular formula is C15H23N3O3. The van der Waals surface area contributed by atoms with E-state index >= 15 is 0 Å². The van der Waals surface area contributed by atoms with Gasteiger partial charge in [-0.1, -0.05) is 13.0 Å². The summed E-state index contributed by atoms with van der Waals surface area (Å²) in [5, 5.41) is 13.4. The van der Waals surface area contributed by atoms with Crippen LogP contribution in [-0.2, 0) is 0 Å². The Balaban J connectivity index is 2.31. The number of ether oxygens (including phenoxy) is 1. The van der Waals surface area contributed by atoms with Gasteiger partial charge in [0.1, 0.15) is 17.4 Å². The van der Waals surface area contributed by atoms with Gasteiger partial charge < -0.3 is 19.8 Å². The number of aliphatic hydroxyl groups excluding tert-OH is 1. The molecule has 0 amide bonds. The lowest BCUT2D eigenvalue weighted by Gasteiger charge is -2.31. The van der Waals surface area contributed by atoms with Crippen LogP contribution in [0.25, 0.3) is 11.0 Å². The molecule has 1 aromatic heterocycles. The molecule has 0 saturated heterocycles. The summed E-state index contributed by atoms with van der Waals surface area (Å²) in [5.74, 6) is 0.528. The van der Waals surface area contributed by atoms with Crippen LogP contribution >= 0.6 is 0 Å². The first-order valence-electron chi connectivity index (χ1n) is 7.13. The average Bonchev–Trinajstić information content (AvgIpc) is 2.77. The minimum atomic E-state index is -0.648. The lowest BCUT2D eigenvalue weighted by Crippen LogP contribution is -2.52. The van der Waals surface area contributed by atoms with Crippen LogP contribution in [0.2, 0.25) is 0 Å². The molecule has 21 heavy (non-hydrogen) atoms. The third-order valence-electron chi connectivity index (χ3n) is 3.11.